The number of aryl methyl sites for hydroxylation is 1. The molecule has 0 aliphatic heterocycles. The third kappa shape index (κ3) is 3.15. The van der Waals surface area contributed by atoms with Crippen LogP contribution in [-0.4, -0.2) is 8.42 Å². The number of rotatable bonds is 4. The summed E-state index contributed by atoms with van der Waals surface area (Å²) in [6.07, 6.45) is 0. The second kappa shape index (κ2) is 5.60. The average molecular weight is 294 g/mol. The molecule has 0 radical (unpaired) electrons. The van der Waals surface area contributed by atoms with Crippen LogP contribution < -0.4 is 10.5 Å². The third-order valence-electron chi connectivity index (χ3n) is 2.87. The van der Waals surface area contributed by atoms with Gasteiger partial charge in [0.25, 0.3) is 10.0 Å². The first-order chi connectivity index (χ1) is 9.42. The highest BCUT2D eigenvalue weighted by molar-refractivity contribution is 7.92. The Bertz CT molecular complexity index is 712. The molecule has 20 heavy (non-hydrogen) atoms. The van der Waals surface area contributed by atoms with Crippen molar-refractivity contribution in [2.45, 2.75) is 18.4 Å². The highest BCUT2D eigenvalue weighted by Gasteiger charge is 2.17. The Morgan fingerprint density at radius 3 is 2.35 bits per heavy atom. The van der Waals surface area contributed by atoms with Crippen LogP contribution in [-0.2, 0) is 16.6 Å². The number of hydrogen-bond donors (Lipinski definition) is 2. The Balaban J connectivity index is 2.30. The van der Waals surface area contributed by atoms with Crippen LogP contribution in [0.15, 0.2) is 47.4 Å². The zero-order chi connectivity index (χ0) is 14.8. The number of benzene rings is 2. The summed E-state index contributed by atoms with van der Waals surface area (Å²) in [5.41, 5.74) is 7.18. The molecule has 4 nitrogen and oxygen atoms in total. The Labute approximate surface area is 117 Å². The van der Waals surface area contributed by atoms with E-state index >= 15 is 0 Å². The molecular weight excluding hydrogens is 279 g/mol. The summed E-state index contributed by atoms with van der Waals surface area (Å²) in [4.78, 5) is 0.0572. The lowest BCUT2D eigenvalue weighted by atomic mass is 10.2. The van der Waals surface area contributed by atoms with Gasteiger partial charge in [-0.3, -0.25) is 4.72 Å². The Morgan fingerprint density at radius 2 is 1.80 bits per heavy atom. The molecule has 0 unspecified atom stereocenters. The fraction of sp³-hybridized carbons (Fsp3) is 0.143. The molecule has 0 amide bonds. The van der Waals surface area contributed by atoms with E-state index in [1.165, 1.54) is 12.1 Å². The molecule has 0 bridgehead atoms. The minimum Gasteiger partial charge on any atom is -0.326 e. The quantitative estimate of drug-likeness (QED) is 0.909. The first-order valence-electron chi connectivity index (χ1n) is 6.00. The van der Waals surface area contributed by atoms with Crippen LogP contribution in [0.25, 0.3) is 0 Å². The van der Waals surface area contributed by atoms with Crippen molar-refractivity contribution >= 4 is 15.7 Å². The number of halogens is 1. The summed E-state index contributed by atoms with van der Waals surface area (Å²) in [7, 11) is -3.73. The van der Waals surface area contributed by atoms with Crippen molar-refractivity contribution in [3.05, 3.63) is 59.4 Å². The van der Waals surface area contributed by atoms with Crippen molar-refractivity contribution in [3.8, 4) is 0 Å². The van der Waals surface area contributed by atoms with E-state index in [0.29, 0.717) is 17.8 Å². The van der Waals surface area contributed by atoms with Gasteiger partial charge in [-0.2, -0.15) is 0 Å². The van der Waals surface area contributed by atoms with Gasteiger partial charge < -0.3 is 5.73 Å². The van der Waals surface area contributed by atoms with Gasteiger partial charge in [0.2, 0.25) is 0 Å². The first-order valence-corrected chi connectivity index (χ1v) is 7.48. The second-order valence-corrected chi connectivity index (χ2v) is 6.07. The van der Waals surface area contributed by atoms with E-state index in [-0.39, 0.29) is 4.90 Å². The number of nitrogens with two attached hydrogens (primary N) is 1. The van der Waals surface area contributed by atoms with Gasteiger partial charge in [-0.05, 0) is 48.4 Å². The molecule has 0 saturated carbocycles. The zero-order valence-electron chi connectivity index (χ0n) is 10.9. The molecule has 2 aromatic rings. The van der Waals surface area contributed by atoms with Crippen molar-refractivity contribution in [1.29, 1.82) is 0 Å². The fourth-order valence-corrected chi connectivity index (χ4v) is 3.12. The fourth-order valence-electron chi connectivity index (χ4n) is 1.83. The minimum absolute atomic E-state index is 0.0572. The van der Waals surface area contributed by atoms with E-state index in [1.54, 1.807) is 31.2 Å². The highest BCUT2D eigenvalue weighted by atomic mass is 32.2. The van der Waals surface area contributed by atoms with E-state index in [1.807, 2.05) is 0 Å². The summed E-state index contributed by atoms with van der Waals surface area (Å²) in [5, 5.41) is 0. The van der Waals surface area contributed by atoms with Gasteiger partial charge in [0.05, 0.1) is 4.90 Å². The Kier molecular flexibility index (Phi) is 4.06. The lowest BCUT2D eigenvalue weighted by Gasteiger charge is -2.10. The SMILES string of the molecule is Cc1cc(F)ccc1S(=O)(=O)Nc1ccc(CN)cc1. The molecule has 0 fully saturated rings. The van der Waals surface area contributed by atoms with E-state index in [0.717, 1.165) is 11.6 Å². The monoisotopic (exact) mass is 294 g/mol. The van der Waals surface area contributed by atoms with E-state index in [4.69, 9.17) is 5.73 Å². The van der Waals surface area contributed by atoms with Crippen molar-refractivity contribution in [3.63, 3.8) is 0 Å². The summed E-state index contributed by atoms with van der Waals surface area (Å²) in [5.74, 6) is -0.464. The molecule has 3 N–H and O–H groups in total. The molecule has 0 atom stereocenters. The molecule has 0 saturated heterocycles. The highest BCUT2D eigenvalue weighted by Crippen LogP contribution is 2.20. The molecule has 2 rings (SSSR count). The molecular formula is C14H15FN2O2S. The number of sulfonamides is 1. The van der Waals surface area contributed by atoms with Crippen LogP contribution in [0, 0.1) is 12.7 Å². The van der Waals surface area contributed by atoms with Crippen molar-refractivity contribution in [1.82, 2.24) is 0 Å². The molecule has 106 valence electrons. The molecule has 2 aromatic carbocycles. The predicted molar refractivity (Wildman–Crippen MR) is 76.3 cm³/mol. The van der Waals surface area contributed by atoms with Gasteiger partial charge in [-0.15, -0.1) is 0 Å². The van der Waals surface area contributed by atoms with Crippen LogP contribution in [0.2, 0.25) is 0 Å². The molecule has 0 aliphatic carbocycles. The minimum atomic E-state index is -3.73. The van der Waals surface area contributed by atoms with E-state index in [2.05, 4.69) is 4.72 Å². The van der Waals surface area contributed by atoms with Crippen molar-refractivity contribution < 1.29 is 12.8 Å². The predicted octanol–water partition coefficient (Wildman–Crippen LogP) is 2.39. The normalized spacial score (nSPS) is 11.3. The van der Waals surface area contributed by atoms with Gasteiger partial charge in [-0.1, -0.05) is 12.1 Å². The van der Waals surface area contributed by atoms with E-state index < -0.39 is 15.8 Å². The Hall–Kier alpha value is -1.92. The summed E-state index contributed by atoms with van der Waals surface area (Å²) in [6, 6.07) is 10.3. The number of hydrogen-bond acceptors (Lipinski definition) is 3. The van der Waals surface area contributed by atoms with Crippen molar-refractivity contribution in [2.75, 3.05) is 4.72 Å². The lowest BCUT2D eigenvalue weighted by Crippen LogP contribution is -2.14. The van der Waals surface area contributed by atoms with Gasteiger partial charge in [0.1, 0.15) is 5.82 Å². The first kappa shape index (κ1) is 14.5. The largest absolute Gasteiger partial charge is 0.326 e. The Morgan fingerprint density at radius 1 is 1.15 bits per heavy atom. The maximum Gasteiger partial charge on any atom is 0.262 e. The molecule has 0 spiro atoms. The van der Waals surface area contributed by atoms with Gasteiger partial charge in [0, 0.05) is 12.2 Å². The summed E-state index contributed by atoms with van der Waals surface area (Å²) < 4.78 is 39.9. The van der Waals surface area contributed by atoms with Crippen LogP contribution in [0.5, 0.6) is 0 Å². The third-order valence-corrected chi connectivity index (χ3v) is 4.41. The van der Waals surface area contributed by atoms with E-state index in [9.17, 15) is 12.8 Å². The molecule has 6 heteroatoms. The number of nitrogens with one attached hydrogen (secondary N) is 1. The van der Waals surface area contributed by atoms with Crippen LogP contribution >= 0.6 is 0 Å². The number of anilines is 1. The standard InChI is InChI=1S/C14H15FN2O2S/c1-10-8-12(15)4-7-14(10)20(18,19)17-13-5-2-11(9-16)3-6-13/h2-8,17H,9,16H2,1H3. The zero-order valence-corrected chi connectivity index (χ0v) is 11.7. The summed E-state index contributed by atoms with van der Waals surface area (Å²) in [6.45, 7) is 1.94. The van der Waals surface area contributed by atoms with Crippen LogP contribution in [0.3, 0.4) is 0 Å². The van der Waals surface area contributed by atoms with Crippen LogP contribution in [0.4, 0.5) is 10.1 Å². The smallest absolute Gasteiger partial charge is 0.262 e. The van der Waals surface area contributed by atoms with Gasteiger partial charge >= 0.3 is 0 Å². The second-order valence-electron chi connectivity index (χ2n) is 4.42. The van der Waals surface area contributed by atoms with Gasteiger partial charge in [-0.25, -0.2) is 12.8 Å². The lowest BCUT2D eigenvalue weighted by molar-refractivity contribution is 0.598. The van der Waals surface area contributed by atoms with Crippen LogP contribution in [0.1, 0.15) is 11.1 Å². The molecule has 0 aliphatic rings. The average Bonchev–Trinajstić information content (AvgIpc) is 2.38. The van der Waals surface area contributed by atoms with Gasteiger partial charge in [0.15, 0.2) is 0 Å². The topological polar surface area (TPSA) is 72.2 Å². The maximum atomic E-state index is 13.0. The molecule has 0 heterocycles. The summed E-state index contributed by atoms with van der Waals surface area (Å²) >= 11 is 0. The maximum absolute atomic E-state index is 13.0. The molecule has 0 aromatic heterocycles. The van der Waals surface area contributed by atoms with Crippen molar-refractivity contribution in [2.24, 2.45) is 5.73 Å².